The fourth-order valence-electron chi connectivity index (χ4n) is 10.1. The Kier molecular flexibility index (Phi) is 6.57. The third-order valence-corrected chi connectivity index (χ3v) is 12.4. The van der Waals surface area contributed by atoms with Crippen LogP contribution in [0, 0.1) is 0 Å². The van der Waals surface area contributed by atoms with Crippen molar-refractivity contribution in [3.63, 3.8) is 0 Å². The molecule has 9 rings (SSSR count). The summed E-state index contributed by atoms with van der Waals surface area (Å²) >= 11 is 0. The van der Waals surface area contributed by atoms with E-state index in [-0.39, 0.29) is 10.8 Å². The van der Waals surface area contributed by atoms with Gasteiger partial charge in [0.05, 0.1) is 0 Å². The monoisotopic (exact) mass is 618 g/mol. The molecule has 0 heterocycles. The second-order valence-corrected chi connectivity index (χ2v) is 14.0. The predicted molar refractivity (Wildman–Crippen MR) is 206 cm³/mol. The smallest absolute Gasteiger partial charge is 0.0216 e. The normalized spacial score (nSPS) is 14.9. The first-order valence-electron chi connectivity index (χ1n) is 18.0. The van der Waals surface area contributed by atoms with Crippen molar-refractivity contribution in [2.75, 3.05) is 0 Å². The number of hydrogen-bond donors (Lipinski definition) is 0. The molecule has 0 radical (unpaired) electrons. The fraction of sp³-hybridized carbons (Fsp3) is 0.208. The second-order valence-electron chi connectivity index (χ2n) is 14.0. The highest BCUT2D eigenvalue weighted by atomic mass is 14.5. The lowest BCUT2D eigenvalue weighted by atomic mass is 9.70. The topological polar surface area (TPSA) is 0 Å². The molecule has 0 unspecified atom stereocenters. The molecule has 7 aromatic rings. The van der Waals surface area contributed by atoms with E-state index in [4.69, 9.17) is 0 Å². The zero-order valence-electron chi connectivity index (χ0n) is 28.5. The minimum Gasteiger partial charge on any atom is -0.0642 e. The summed E-state index contributed by atoms with van der Waals surface area (Å²) in [6.07, 6.45) is 4.38. The standard InChI is InChI=1S/C48H42/c1-5-47(6-2)41-28-26-32(30-39(41)45-42(47)29-27-38-33-20-16-17-25-40(33)48(7-3,8-4)46(38)45)44-36-23-14-12-21-34(36)43(31-18-10-9-11-19-31)35-22-13-15-24-37(35)44/h9-30H,5-8H2,1-4H3. The minimum absolute atomic E-state index is 0.0127. The average molecular weight is 619 g/mol. The molecule has 2 aliphatic rings. The number of rotatable bonds is 6. The first-order valence-corrected chi connectivity index (χ1v) is 18.0. The van der Waals surface area contributed by atoms with Gasteiger partial charge in [-0.25, -0.2) is 0 Å². The van der Waals surface area contributed by atoms with E-state index >= 15 is 0 Å². The van der Waals surface area contributed by atoms with Crippen molar-refractivity contribution in [2.24, 2.45) is 0 Å². The summed E-state index contributed by atoms with van der Waals surface area (Å²) in [5.41, 5.74) is 17.2. The van der Waals surface area contributed by atoms with E-state index in [0.717, 1.165) is 25.7 Å². The highest BCUT2D eigenvalue weighted by molar-refractivity contribution is 6.21. The lowest BCUT2D eigenvalue weighted by Gasteiger charge is -2.33. The van der Waals surface area contributed by atoms with Crippen LogP contribution in [0.3, 0.4) is 0 Å². The summed E-state index contributed by atoms with van der Waals surface area (Å²) in [5, 5.41) is 5.24. The van der Waals surface area contributed by atoms with Crippen LogP contribution < -0.4 is 0 Å². The van der Waals surface area contributed by atoms with Crippen LogP contribution in [0.1, 0.15) is 75.6 Å². The Morgan fingerprint density at radius 3 is 1.46 bits per heavy atom. The van der Waals surface area contributed by atoms with E-state index in [9.17, 15) is 0 Å². The van der Waals surface area contributed by atoms with Gasteiger partial charge in [-0.3, -0.25) is 0 Å². The highest BCUT2D eigenvalue weighted by Crippen LogP contribution is 2.62. The molecule has 0 aliphatic heterocycles. The molecule has 0 nitrogen and oxygen atoms in total. The Balaban J connectivity index is 1.39. The lowest BCUT2D eigenvalue weighted by molar-refractivity contribution is 0.481. The van der Waals surface area contributed by atoms with Crippen molar-refractivity contribution in [3.8, 4) is 44.5 Å². The van der Waals surface area contributed by atoms with Crippen molar-refractivity contribution in [1.29, 1.82) is 0 Å². The summed E-state index contributed by atoms with van der Waals surface area (Å²) in [6, 6.07) is 50.7. The largest absolute Gasteiger partial charge is 0.0642 e. The molecular formula is C48H42. The van der Waals surface area contributed by atoms with Gasteiger partial charge < -0.3 is 0 Å². The fourth-order valence-corrected chi connectivity index (χ4v) is 10.1. The predicted octanol–water partition coefficient (Wildman–Crippen LogP) is 13.5. The Hall–Kier alpha value is -4.94. The molecule has 0 fully saturated rings. The molecule has 48 heavy (non-hydrogen) atoms. The number of fused-ring (bicyclic) bond motifs is 9. The second kappa shape index (κ2) is 10.8. The van der Waals surface area contributed by atoms with Crippen LogP contribution in [-0.2, 0) is 10.8 Å². The Labute approximate surface area is 285 Å². The molecule has 0 saturated heterocycles. The van der Waals surface area contributed by atoms with E-state index < -0.39 is 0 Å². The number of hydrogen-bond acceptors (Lipinski definition) is 0. The SMILES string of the molecule is CCC1(CC)c2ccc(-c3c4ccccc4c(-c4ccccc4)c4ccccc34)cc2-c2c1ccc1c2C(CC)(CC)c2ccccc2-1. The summed E-state index contributed by atoms with van der Waals surface area (Å²) in [6.45, 7) is 9.60. The van der Waals surface area contributed by atoms with Crippen molar-refractivity contribution in [3.05, 3.63) is 156 Å². The molecule has 0 N–H and O–H groups in total. The van der Waals surface area contributed by atoms with E-state index in [1.54, 1.807) is 5.56 Å². The summed E-state index contributed by atoms with van der Waals surface area (Å²) in [7, 11) is 0. The van der Waals surface area contributed by atoms with E-state index in [1.807, 2.05) is 0 Å². The zero-order chi connectivity index (χ0) is 32.6. The van der Waals surface area contributed by atoms with E-state index in [0.29, 0.717) is 0 Å². The van der Waals surface area contributed by atoms with Gasteiger partial charge in [0.15, 0.2) is 0 Å². The quantitative estimate of drug-likeness (QED) is 0.163. The molecular weight excluding hydrogens is 577 g/mol. The van der Waals surface area contributed by atoms with Crippen LogP contribution in [0.4, 0.5) is 0 Å². The maximum atomic E-state index is 2.58. The van der Waals surface area contributed by atoms with Gasteiger partial charge >= 0.3 is 0 Å². The van der Waals surface area contributed by atoms with Crippen molar-refractivity contribution in [2.45, 2.75) is 64.2 Å². The maximum Gasteiger partial charge on any atom is 0.0216 e. The van der Waals surface area contributed by atoms with Gasteiger partial charge in [-0.2, -0.15) is 0 Å². The van der Waals surface area contributed by atoms with Crippen LogP contribution in [0.2, 0.25) is 0 Å². The molecule has 0 aromatic heterocycles. The van der Waals surface area contributed by atoms with Gasteiger partial charge in [-0.05, 0) is 120 Å². The highest BCUT2D eigenvalue weighted by Gasteiger charge is 2.48. The molecule has 0 amide bonds. The summed E-state index contributed by atoms with van der Waals surface area (Å²) < 4.78 is 0. The van der Waals surface area contributed by atoms with E-state index in [2.05, 4.69) is 161 Å². The summed E-state index contributed by atoms with van der Waals surface area (Å²) in [4.78, 5) is 0. The molecule has 0 spiro atoms. The third-order valence-electron chi connectivity index (χ3n) is 12.4. The van der Waals surface area contributed by atoms with Gasteiger partial charge in [-0.1, -0.05) is 155 Å². The molecule has 0 atom stereocenters. The molecule has 7 aromatic carbocycles. The van der Waals surface area contributed by atoms with Gasteiger partial charge in [-0.15, -0.1) is 0 Å². The average Bonchev–Trinajstić information content (AvgIpc) is 3.61. The van der Waals surface area contributed by atoms with Gasteiger partial charge in [0.25, 0.3) is 0 Å². The lowest BCUT2D eigenvalue weighted by Crippen LogP contribution is -2.25. The first-order chi connectivity index (χ1) is 23.6. The third kappa shape index (κ3) is 3.67. The summed E-state index contributed by atoms with van der Waals surface area (Å²) in [5.74, 6) is 0. The van der Waals surface area contributed by atoms with Crippen LogP contribution >= 0.6 is 0 Å². The van der Waals surface area contributed by atoms with Gasteiger partial charge in [0.1, 0.15) is 0 Å². The Morgan fingerprint density at radius 1 is 0.354 bits per heavy atom. The maximum absolute atomic E-state index is 2.58. The van der Waals surface area contributed by atoms with Gasteiger partial charge in [0, 0.05) is 10.8 Å². The molecule has 234 valence electrons. The van der Waals surface area contributed by atoms with Crippen molar-refractivity contribution < 1.29 is 0 Å². The van der Waals surface area contributed by atoms with Crippen LogP contribution in [0.15, 0.2) is 133 Å². The minimum atomic E-state index is 0.0127. The molecule has 2 aliphatic carbocycles. The molecule has 0 bridgehead atoms. The van der Waals surface area contributed by atoms with Gasteiger partial charge in [0.2, 0.25) is 0 Å². The Morgan fingerprint density at radius 2 is 0.854 bits per heavy atom. The molecule has 0 saturated carbocycles. The zero-order valence-corrected chi connectivity index (χ0v) is 28.5. The van der Waals surface area contributed by atoms with E-state index in [1.165, 1.54) is 82.7 Å². The van der Waals surface area contributed by atoms with Crippen molar-refractivity contribution >= 4 is 21.5 Å². The number of benzene rings is 7. The van der Waals surface area contributed by atoms with Crippen LogP contribution in [0.5, 0.6) is 0 Å². The molecule has 0 heteroatoms. The first kappa shape index (κ1) is 29.2. The van der Waals surface area contributed by atoms with Crippen molar-refractivity contribution in [1.82, 2.24) is 0 Å². The van der Waals surface area contributed by atoms with Crippen LogP contribution in [-0.4, -0.2) is 0 Å². The van der Waals surface area contributed by atoms with Crippen LogP contribution in [0.25, 0.3) is 66.1 Å². The Bertz CT molecular complexity index is 2320.